The van der Waals surface area contributed by atoms with Crippen LogP contribution in [0.15, 0.2) is 30.6 Å². The lowest BCUT2D eigenvalue weighted by molar-refractivity contribution is 1.35. The van der Waals surface area contributed by atoms with E-state index in [2.05, 4.69) is 46.6 Å². The molecular weight excluding hydrogens is 261 g/mol. The largest absolute Gasteiger partial charge is 0.264 e. The van der Waals surface area contributed by atoms with Gasteiger partial charge in [0.1, 0.15) is 0 Å². The Morgan fingerprint density at radius 3 is 2.92 bits per heavy atom. The van der Waals surface area contributed by atoms with Crippen molar-refractivity contribution in [2.24, 2.45) is 0 Å². The zero-order valence-electron chi connectivity index (χ0n) is 6.71. The second-order valence-electron chi connectivity index (χ2n) is 2.82. The molecule has 0 aliphatic carbocycles. The molecule has 0 fully saturated rings. The van der Waals surface area contributed by atoms with Gasteiger partial charge in [-0.3, -0.25) is 4.98 Å². The smallest absolute Gasteiger partial charge is 0.0346 e. The Morgan fingerprint density at radius 2 is 2.08 bits per heavy atom. The van der Waals surface area contributed by atoms with Crippen molar-refractivity contribution >= 4 is 33.4 Å². The van der Waals surface area contributed by atoms with Crippen LogP contribution in [0, 0.1) is 10.5 Å². The summed E-state index contributed by atoms with van der Waals surface area (Å²) in [5, 5.41) is 2.48. The zero-order valence-corrected chi connectivity index (χ0v) is 8.87. The molecule has 0 aliphatic heterocycles. The summed E-state index contributed by atoms with van der Waals surface area (Å²) in [6.07, 6.45) is 3.73. The summed E-state index contributed by atoms with van der Waals surface area (Å²) >= 11 is 2.35. The normalized spacial score (nSPS) is 10.5. The van der Waals surface area contributed by atoms with Crippen molar-refractivity contribution in [3.8, 4) is 0 Å². The fourth-order valence-corrected chi connectivity index (χ4v) is 1.71. The molecular formula is C10H8IN. The summed E-state index contributed by atoms with van der Waals surface area (Å²) in [6, 6.07) is 6.40. The summed E-state index contributed by atoms with van der Waals surface area (Å²) in [5.41, 5.74) is 1.32. The highest BCUT2D eigenvalue weighted by Crippen LogP contribution is 2.19. The molecule has 0 bridgehead atoms. The van der Waals surface area contributed by atoms with Crippen molar-refractivity contribution in [1.29, 1.82) is 0 Å². The number of hydrogen-bond donors (Lipinski definition) is 0. The van der Waals surface area contributed by atoms with Crippen molar-refractivity contribution in [3.05, 3.63) is 39.7 Å². The van der Waals surface area contributed by atoms with Crippen molar-refractivity contribution in [1.82, 2.24) is 4.98 Å². The van der Waals surface area contributed by atoms with E-state index in [1.54, 1.807) is 0 Å². The maximum Gasteiger partial charge on any atom is 0.0346 e. The summed E-state index contributed by atoms with van der Waals surface area (Å²) in [6.45, 7) is 2.12. The minimum atomic E-state index is 1.22. The van der Waals surface area contributed by atoms with E-state index in [1.165, 1.54) is 19.9 Å². The van der Waals surface area contributed by atoms with Gasteiger partial charge in [-0.15, -0.1) is 0 Å². The first-order valence-corrected chi connectivity index (χ1v) is 4.85. The summed E-state index contributed by atoms with van der Waals surface area (Å²) in [7, 11) is 0. The van der Waals surface area contributed by atoms with E-state index in [0.29, 0.717) is 0 Å². The average molecular weight is 269 g/mol. The summed E-state index contributed by atoms with van der Waals surface area (Å²) in [5.74, 6) is 0. The van der Waals surface area contributed by atoms with Gasteiger partial charge in [0, 0.05) is 21.4 Å². The first kappa shape index (κ1) is 7.98. The molecule has 0 amide bonds. The van der Waals surface area contributed by atoms with Crippen LogP contribution < -0.4 is 0 Å². The van der Waals surface area contributed by atoms with E-state index in [4.69, 9.17) is 0 Å². The van der Waals surface area contributed by atoms with Gasteiger partial charge in [0.05, 0.1) is 0 Å². The van der Waals surface area contributed by atoms with E-state index in [-0.39, 0.29) is 0 Å². The minimum absolute atomic E-state index is 1.22. The molecule has 1 heterocycles. The number of aryl methyl sites for hydroxylation is 1. The van der Waals surface area contributed by atoms with Crippen molar-refractivity contribution in [2.45, 2.75) is 6.92 Å². The predicted molar refractivity (Wildman–Crippen MR) is 59.2 cm³/mol. The van der Waals surface area contributed by atoms with Gasteiger partial charge in [-0.2, -0.15) is 0 Å². The van der Waals surface area contributed by atoms with Crippen LogP contribution >= 0.6 is 22.6 Å². The van der Waals surface area contributed by atoms with Crippen molar-refractivity contribution < 1.29 is 0 Å². The minimum Gasteiger partial charge on any atom is -0.264 e. The molecule has 0 atom stereocenters. The van der Waals surface area contributed by atoms with Crippen molar-refractivity contribution in [3.63, 3.8) is 0 Å². The second kappa shape index (κ2) is 3.01. The molecule has 0 spiro atoms. The Labute approximate surface area is 85.0 Å². The third-order valence-corrected chi connectivity index (χ3v) is 3.08. The van der Waals surface area contributed by atoms with Gasteiger partial charge in [-0.1, -0.05) is 0 Å². The first-order chi connectivity index (χ1) is 5.77. The number of fused-ring (bicyclic) bond motifs is 1. The number of halogens is 1. The fraction of sp³-hybridized carbons (Fsp3) is 0.100. The van der Waals surface area contributed by atoms with Gasteiger partial charge in [0.25, 0.3) is 0 Å². The second-order valence-corrected chi connectivity index (χ2v) is 3.99. The van der Waals surface area contributed by atoms with E-state index in [0.717, 1.165) is 0 Å². The van der Waals surface area contributed by atoms with Gasteiger partial charge in [0.2, 0.25) is 0 Å². The van der Waals surface area contributed by atoms with E-state index in [1.807, 2.05) is 18.5 Å². The van der Waals surface area contributed by atoms with Gasteiger partial charge >= 0.3 is 0 Å². The van der Waals surface area contributed by atoms with Gasteiger partial charge in [-0.25, -0.2) is 0 Å². The van der Waals surface area contributed by atoms with Crippen LogP contribution in [0.4, 0.5) is 0 Å². The van der Waals surface area contributed by atoms with Gasteiger partial charge < -0.3 is 0 Å². The Kier molecular flexibility index (Phi) is 2.00. The molecule has 1 aromatic carbocycles. The number of pyridine rings is 1. The van der Waals surface area contributed by atoms with Crippen LogP contribution in [0.5, 0.6) is 0 Å². The lowest BCUT2D eigenvalue weighted by Gasteiger charge is -2.00. The summed E-state index contributed by atoms with van der Waals surface area (Å²) in [4.78, 5) is 4.08. The molecule has 1 nitrogen and oxygen atoms in total. The van der Waals surface area contributed by atoms with Crippen LogP contribution in [0.3, 0.4) is 0 Å². The van der Waals surface area contributed by atoms with Crippen LogP contribution in [0.1, 0.15) is 5.56 Å². The molecule has 0 saturated carbocycles. The highest BCUT2D eigenvalue weighted by molar-refractivity contribution is 14.1. The lowest BCUT2D eigenvalue weighted by atomic mass is 10.1. The van der Waals surface area contributed by atoms with Crippen LogP contribution in [0.25, 0.3) is 10.8 Å². The third-order valence-electron chi connectivity index (χ3n) is 1.92. The monoisotopic (exact) mass is 269 g/mol. The highest BCUT2D eigenvalue weighted by atomic mass is 127. The SMILES string of the molecule is Cc1cc2cnccc2cc1I. The standard InChI is InChI=1S/C10H8IN/c1-7-4-9-6-12-3-2-8(9)5-10(7)11/h2-6H,1H3. The Balaban J connectivity index is 2.84. The maximum atomic E-state index is 4.08. The van der Waals surface area contributed by atoms with Crippen LogP contribution in [-0.2, 0) is 0 Å². The van der Waals surface area contributed by atoms with Gasteiger partial charge in [0.15, 0.2) is 0 Å². The third kappa shape index (κ3) is 1.31. The quantitative estimate of drug-likeness (QED) is 0.669. The molecule has 0 unspecified atom stereocenters. The van der Waals surface area contributed by atoms with Crippen LogP contribution in [0.2, 0.25) is 0 Å². The lowest BCUT2D eigenvalue weighted by Crippen LogP contribution is -1.81. The number of hydrogen-bond acceptors (Lipinski definition) is 1. The van der Waals surface area contributed by atoms with E-state index in [9.17, 15) is 0 Å². The van der Waals surface area contributed by atoms with Crippen LogP contribution in [-0.4, -0.2) is 4.98 Å². The molecule has 0 radical (unpaired) electrons. The Morgan fingerprint density at radius 1 is 1.25 bits per heavy atom. The van der Waals surface area contributed by atoms with Crippen molar-refractivity contribution in [2.75, 3.05) is 0 Å². The predicted octanol–water partition coefficient (Wildman–Crippen LogP) is 3.15. The molecule has 2 heteroatoms. The Bertz CT molecular complexity index is 383. The average Bonchev–Trinajstić information content (AvgIpc) is 2.07. The molecule has 2 rings (SSSR count). The molecule has 1 aromatic heterocycles. The molecule has 2 aromatic rings. The van der Waals surface area contributed by atoms with Gasteiger partial charge in [-0.05, 0) is 58.7 Å². The van der Waals surface area contributed by atoms with E-state index < -0.39 is 0 Å². The highest BCUT2D eigenvalue weighted by Gasteiger charge is 1.97. The molecule has 0 aliphatic rings. The molecule has 0 N–H and O–H groups in total. The first-order valence-electron chi connectivity index (χ1n) is 3.77. The topological polar surface area (TPSA) is 12.9 Å². The molecule has 12 heavy (non-hydrogen) atoms. The number of aromatic nitrogens is 1. The summed E-state index contributed by atoms with van der Waals surface area (Å²) < 4.78 is 1.31. The number of rotatable bonds is 0. The molecule has 60 valence electrons. The molecule has 0 saturated heterocycles. The maximum absolute atomic E-state index is 4.08. The Hall–Kier alpha value is -0.640. The number of nitrogens with zero attached hydrogens (tertiary/aromatic N) is 1. The van der Waals surface area contributed by atoms with E-state index >= 15 is 0 Å². The fourth-order valence-electron chi connectivity index (χ4n) is 1.22. The number of benzene rings is 1. The zero-order chi connectivity index (χ0) is 8.55.